The van der Waals surface area contributed by atoms with Crippen molar-refractivity contribution in [2.45, 2.75) is 88.4 Å². The minimum Gasteiger partial charge on any atom is -0.507 e. The van der Waals surface area contributed by atoms with E-state index in [0.29, 0.717) is 6.42 Å². The molecule has 0 amide bonds. The molecule has 0 aromatic heterocycles. The van der Waals surface area contributed by atoms with Crippen LogP contribution in [0.25, 0.3) is 0 Å². The highest BCUT2D eigenvalue weighted by Crippen LogP contribution is 2.53. The van der Waals surface area contributed by atoms with E-state index in [0.717, 1.165) is 19.4 Å². The summed E-state index contributed by atoms with van der Waals surface area (Å²) in [5.74, 6) is -2.88. The van der Waals surface area contributed by atoms with E-state index in [1.807, 2.05) is 6.92 Å². The molecule has 3 aliphatic heterocycles. The lowest BCUT2D eigenvalue weighted by molar-refractivity contribution is -0.252. The number of hydrogen-bond donors (Lipinski definition) is 3. The van der Waals surface area contributed by atoms with Crippen LogP contribution in [0.5, 0.6) is 17.2 Å². The van der Waals surface area contributed by atoms with Crippen LogP contribution in [-0.4, -0.2) is 87.6 Å². The van der Waals surface area contributed by atoms with Crippen molar-refractivity contribution < 1.29 is 48.7 Å². The maximum Gasteiger partial charge on any atom is 0.202 e. The van der Waals surface area contributed by atoms with Gasteiger partial charge in [-0.3, -0.25) is 19.3 Å². The molecule has 0 radical (unpaired) electrons. The summed E-state index contributed by atoms with van der Waals surface area (Å²) >= 11 is 0. The molecule has 2 aromatic rings. The number of aliphatic hydroxyl groups is 1. The Hall–Kier alpha value is -3.35. The summed E-state index contributed by atoms with van der Waals surface area (Å²) in [6.07, 6.45) is -0.485. The molecular weight excluding hydrogens is 546 g/mol. The van der Waals surface area contributed by atoms with Crippen molar-refractivity contribution >= 4 is 17.3 Å². The standard InChI is InChI=1S/C31H33NO10/c1-13-10-18-25(32-9-5-8-20(32)41-18)30(40-13)42-19-12-31(38,14(2)33)11-16-22(19)29(37)24-23(27(16)35)26(34)15-6-4-7-17(39-3)21(15)28(24)36/h4,6-7,13,18-20,25,30,35,37-38H,5,8-12H2,1-3H3/t13-,18+,19-,20?,25+,30-,31-/m0/s1. The number of ketones is 3. The average Bonchev–Trinajstić information content (AvgIpc) is 3.54. The first kappa shape index (κ1) is 27.5. The molecule has 7 atom stereocenters. The van der Waals surface area contributed by atoms with Crippen molar-refractivity contribution in [2.24, 2.45) is 0 Å². The molecule has 5 aliphatic rings. The van der Waals surface area contributed by atoms with Gasteiger partial charge in [-0.05, 0) is 32.8 Å². The largest absolute Gasteiger partial charge is 0.507 e. The molecule has 3 heterocycles. The van der Waals surface area contributed by atoms with Crippen molar-refractivity contribution in [1.82, 2.24) is 4.90 Å². The summed E-state index contributed by atoms with van der Waals surface area (Å²) in [6, 6.07) is 4.29. The zero-order chi connectivity index (χ0) is 29.7. The molecule has 2 aliphatic carbocycles. The molecule has 7 rings (SSSR count). The van der Waals surface area contributed by atoms with Crippen LogP contribution < -0.4 is 4.74 Å². The molecule has 2 aromatic carbocycles. The lowest BCUT2D eigenvalue weighted by Gasteiger charge is -2.43. The van der Waals surface area contributed by atoms with Gasteiger partial charge in [0, 0.05) is 42.5 Å². The number of fused-ring (bicyclic) bond motifs is 6. The molecule has 222 valence electrons. The van der Waals surface area contributed by atoms with Crippen molar-refractivity contribution in [3.8, 4) is 17.2 Å². The number of phenols is 2. The Labute approximate surface area is 241 Å². The average molecular weight is 580 g/mol. The van der Waals surface area contributed by atoms with E-state index in [4.69, 9.17) is 18.9 Å². The number of rotatable bonds is 4. The van der Waals surface area contributed by atoms with Gasteiger partial charge in [0.05, 0.1) is 48.2 Å². The van der Waals surface area contributed by atoms with Gasteiger partial charge >= 0.3 is 0 Å². The second-order valence-corrected chi connectivity index (χ2v) is 12.0. The van der Waals surface area contributed by atoms with E-state index >= 15 is 0 Å². The van der Waals surface area contributed by atoms with Crippen LogP contribution in [0.2, 0.25) is 0 Å². The minimum atomic E-state index is -1.96. The van der Waals surface area contributed by atoms with Crippen molar-refractivity contribution in [3.63, 3.8) is 0 Å². The second-order valence-electron chi connectivity index (χ2n) is 12.0. The molecule has 1 unspecified atom stereocenters. The van der Waals surface area contributed by atoms with Gasteiger partial charge in [0.25, 0.3) is 0 Å². The third-order valence-corrected chi connectivity index (χ3v) is 9.57. The fraction of sp³-hybridized carbons (Fsp3) is 0.516. The van der Waals surface area contributed by atoms with E-state index in [-0.39, 0.29) is 76.4 Å². The summed E-state index contributed by atoms with van der Waals surface area (Å²) < 4.78 is 24.5. The lowest BCUT2D eigenvalue weighted by Crippen LogP contribution is -2.54. The van der Waals surface area contributed by atoms with E-state index in [1.165, 1.54) is 26.2 Å². The molecule has 0 spiro atoms. The number of nitrogens with zero attached hydrogens (tertiary/aromatic N) is 1. The molecule has 11 heteroatoms. The molecule has 0 bridgehead atoms. The molecule has 42 heavy (non-hydrogen) atoms. The molecule has 11 nitrogen and oxygen atoms in total. The number of benzene rings is 2. The minimum absolute atomic E-state index is 0.0175. The monoisotopic (exact) mass is 579 g/mol. The van der Waals surface area contributed by atoms with Crippen molar-refractivity contribution in [2.75, 3.05) is 13.7 Å². The molecule has 3 fully saturated rings. The van der Waals surface area contributed by atoms with Gasteiger partial charge in [-0.1, -0.05) is 12.1 Å². The van der Waals surface area contributed by atoms with Crippen LogP contribution in [0, 0.1) is 0 Å². The molecule has 0 saturated carbocycles. The Kier molecular flexibility index (Phi) is 6.27. The van der Waals surface area contributed by atoms with Crippen LogP contribution in [0.3, 0.4) is 0 Å². The second kappa shape index (κ2) is 9.58. The van der Waals surface area contributed by atoms with Gasteiger partial charge in [0.2, 0.25) is 5.78 Å². The maximum absolute atomic E-state index is 13.8. The highest BCUT2D eigenvalue weighted by Gasteiger charge is 2.55. The Bertz CT molecular complexity index is 1540. The number of methoxy groups -OCH3 is 1. The molecule has 3 N–H and O–H groups in total. The maximum atomic E-state index is 13.8. The van der Waals surface area contributed by atoms with Gasteiger partial charge in [-0.25, -0.2) is 0 Å². The topological polar surface area (TPSA) is 152 Å². The predicted molar refractivity (Wildman–Crippen MR) is 145 cm³/mol. The normalized spacial score (nSPS) is 33.4. The van der Waals surface area contributed by atoms with E-state index in [9.17, 15) is 29.7 Å². The van der Waals surface area contributed by atoms with E-state index in [2.05, 4.69) is 4.90 Å². The summed E-state index contributed by atoms with van der Waals surface area (Å²) in [5.41, 5.74) is -2.67. The lowest BCUT2D eigenvalue weighted by atomic mass is 9.72. The highest BCUT2D eigenvalue weighted by molar-refractivity contribution is 6.31. The molecule has 3 saturated heterocycles. The van der Waals surface area contributed by atoms with Gasteiger partial charge in [-0.15, -0.1) is 0 Å². The first-order valence-electron chi connectivity index (χ1n) is 14.4. The van der Waals surface area contributed by atoms with Crippen LogP contribution in [0.15, 0.2) is 18.2 Å². The van der Waals surface area contributed by atoms with E-state index in [1.54, 1.807) is 6.07 Å². The Morgan fingerprint density at radius 1 is 1.10 bits per heavy atom. The van der Waals surface area contributed by atoms with Gasteiger partial charge in [-0.2, -0.15) is 0 Å². The zero-order valence-corrected chi connectivity index (χ0v) is 23.6. The Balaban J connectivity index is 1.37. The number of carbonyl (C=O) groups is 3. The fourth-order valence-electron chi connectivity index (χ4n) is 7.54. The Morgan fingerprint density at radius 3 is 2.60 bits per heavy atom. The summed E-state index contributed by atoms with van der Waals surface area (Å²) in [4.78, 5) is 42.5. The number of aromatic hydroxyl groups is 2. The highest BCUT2D eigenvalue weighted by atomic mass is 16.7. The Morgan fingerprint density at radius 2 is 1.86 bits per heavy atom. The third-order valence-electron chi connectivity index (χ3n) is 9.57. The number of phenolic OH excluding ortho intramolecular Hbond substituents is 2. The SMILES string of the molecule is COc1cccc2c1C(=O)c1c(O)c3c(c(O)c1C2=O)C[C@@](O)(C(C)=O)C[C@@H]3O[C@@H]1O[C@@H](C)C[C@H]2OC3CCCN3[C@@H]12. The number of Topliss-reactive ketones (excluding diaryl/α,β-unsaturated/α-hetero) is 1. The number of carbonyl (C=O) groups excluding carboxylic acids is 3. The van der Waals surface area contributed by atoms with Crippen LogP contribution >= 0.6 is 0 Å². The van der Waals surface area contributed by atoms with Crippen LogP contribution in [0.4, 0.5) is 0 Å². The first-order chi connectivity index (χ1) is 20.0. The van der Waals surface area contributed by atoms with Gasteiger partial charge < -0.3 is 34.3 Å². The van der Waals surface area contributed by atoms with Crippen LogP contribution in [0.1, 0.15) is 88.6 Å². The smallest absolute Gasteiger partial charge is 0.202 e. The predicted octanol–water partition coefficient (Wildman–Crippen LogP) is 2.53. The summed E-state index contributed by atoms with van der Waals surface area (Å²) in [5, 5.41) is 34.8. The van der Waals surface area contributed by atoms with Crippen molar-refractivity contribution in [1.29, 1.82) is 0 Å². The fourth-order valence-corrected chi connectivity index (χ4v) is 7.54. The summed E-state index contributed by atoms with van der Waals surface area (Å²) in [7, 11) is 1.37. The molecular formula is C31H33NO10. The number of hydrogen-bond acceptors (Lipinski definition) is 11. The van der Waals surface area contributed by atoms with Crippen LogP contribution in [-0.2, 0) is 25.4 Å². The van der Waals surface area contributed by atoms with Gasteiger partial charge in [0.1, 0.15) is 29.1 Å². The number of ether oxygens (including phenoxy) is 4. The van der Waals surface area contributed by atoms with Crippen molar-refractivity contribution in [3.05, 3.63) is 51.6 Å². The third kappa shape index (κ3) is 3.80. The van der Waals surface area contributed by atoms with Gasteiger partial charge in [0.15, 0.2) is 17.9 Å². The summed E-state index contributed by atoms with van der Waals surface area (Å²) in [6.45, 7) is 3.96. The first-order valence-corrected chi connectivity index (χ1v) is 14.4. The van der Waals surface area contributed by atoms with E-state index < -0.39 is 46.8 Å². The zero-order valence-electron chi connectivity index (χ0n) is 23.6. The quantitative estimate of drug-likeness (QED) is 0.391.